The smallest absolute Gasteiger partial charge is 0.232 e. The lowest BCUT2D eigenvalue weighted by atomic mass is 9.81. The number of carbonyl (C=O) groups excluding carboxylic acids is 1. The normalized spacial score (nSPS) is 22.3. The maximum atomic E-state index is 13.1. The molecule has 2 aliphatic rings. The molecule has 1 amide bonds. The highest BCUT2D eigenvalue weighted by molar-refractivity contribution is 5.88. The third-order valence-corrected chi connectivity index (χ3v) is 5.47. The van der Waals surface area contributed by atoms with Gasteiger partial charge in [-0.15, -0.1) is 12.4 Å². The minimum atomic E-state index is -0.455. The molecule has 0 spiro atoms. The molecule has 2 heterocycles. The van der Waals surface area contributed by atoms with Gasteiger partial charge in [0.1, 0.15) is 0 Å². The maximum Gasteiger partial charge on any atom is 0.232 e. The van der Waals surface area contributed by atoms with E-state index in [1.54, 1.807) is 0 Å². The first-order chi connectivity index (χ1) is 11.0. The standard InChI is InChI=1S/C19H29N3O.ClH/c1-15-6-4-5-7-17(15)19(2,3)18(23)22-11-8-16(14-22)21-12-9-20-10-13-21;/h4-7,16,20H,8-14H2,1-3H3;1H. The molecule has 0 aliphatic carbocycles. The molecule has 0 aromatic heterocycles. The average molecular weight is 352 g/mol. The molecule has 0 bridgehead atoms. The number of halogens is 1. The zero-order valence-corrected chi connectivity index (χ0v) is 15.9. The fourth-order valence-electron chi connectivity index (χ4n) is 4.06. The number of nitrogens with zero attached hydrogens (tertiary/aromatic N) is 2. The number of piperazine rings is 1. The van der Waals surface area contributed by atoms with Crippen LogP contribution in [0.4, 0.5) is 0 Å². The third-order valence-electron chi connectivity index (χ3n) is 5.47. The summed E-state index contributed by atoms with van der Waals surface area (Å²) in [7, 11) is 0. The highest BCUT2D eigenvalue weighted by Gasteiger charge is 2.39. The van der Waals surface area contributed by atoms with Gasteiger partial charge in [-0.25, -0.2) is 0 Å². The van der Waals surface area contributed by atoms with E-state index in [-0.39, 0.29) is 18.3 Å². The van der Waals surface area contributed by atoms with E-state index in [4.69, 9.17) is 0 Å². The van der Waals surface area contributed by atoms with Crippen LogP contribution in [0.1, 0.15) is 31.4 Å². The predicted octanol–water partition coefficient (Wildman–Crippen LogP) is 2.20. The van der Waals surface area contributed by atoms with Crippen LogP contribution in [0.2, 0.25) is 0 Å². The summed E-state index contributed by atoms with van der Waals surface area (Å²) in [5.74, 6) is 0.268. The summed E-state index contributed by atoms with van der Waals surface area (Å²) in [5.41, 5.74) is 1.89. The molecule has 1 aromatic rings. The number of aryl methyl sites for hydroxylation is 1. The molecule has 3 rings (SSSR count). The van der Waals surface area contributed by atoms with Crippen molar-refractivity contribution < 1.29 is 4.79 Å². The van der Waals surface area contributed by atoms with Crippen LogP contribution in [-0.4, -0.2) is 61.0 Å². The van der Waals surface area contributed by atoms with Crippen molar-refractivity contribution in [2.45, 2.75) is 38.6 Å². The van der Waals surface area contributed by atoms with Gasteiger partial charge in [0.2, 0.25) is 5.91 Å². The van der Waals surface area contributed by atoms with Gasteiger partial charge in [0.15, 0.2) is 0 Å². The molecule has 0 saturated carbocycles. The summed E-state index contributed by atoms with van der Waals surface area (Å²) in [6, 6.07) is 8.80. The second kappa shape index (κ2) is 7.85. The summed E-state index contributed by atoms with van der Waals surface area (Å²) >= 11 is 0. The molecule has 2 saturated heterocycles. The lowest BCUT2D eigenvalue weighted by Gasteiger charge is -2.34. The van der Waals surface area contributed by atoms with Crippen molar-refractivity contribution in [3.63, 3.8) is 0 Å². The lowest BCUT2D eigenvalue weighted by molar-refractivity contribution is -0.135. The molecule has 24 heavy (non-hydrogen) atoms. The Morgan fingerprint density at radius 1 is 1.17 bits per heavy atom. The van der Waals surface area contributed by atoms with E-state index in [9.17, 15) is 4.79 Å². The van der Waals surface area contributed by atoms with E-state index < -0.39 is 5.41 Å². The molecular formula is C19H30ClN3O. The van der Waals surface area contributed by atoms with Gasteiger partial charge in [-0.2, -0.15) is 0 Å². The number of amides is 1. The Kier molecular flexibility index (Phi) is 6.29. The van der Waals surface area contributed by atoms with Crippen molar-refractivity contribution in [2.24, 2.45) is 0 Å². The molecule has 1 atom stereocenters. The summed E-state index contributed by atoms with van der Waals surface area (Å²) in [6.45, 7) is 12.3. The second-order valence-corrected chi connectivity index (χ2v) is 7.42. The molecular weight excluding hydrogens is 322 g/mol. The monoisotopic (exact) mass is 351 g/mol. The zero-order chi connectivity index (χ0) is 16.4. The van der Waals surface area contributed by atoms with Crippen LogP contribution in [-0.2, 0) is 10.2 Å². The van der Waals surface area contributed by atoms with Crippen LogP contribution in [0.25, 0.3) is 0 Å². The number of carbonyl (C=O) groups is 1. The number of nitrogens with one attached hydrogen (secondary N) is 1. The highest BCUT2D eigenvalue weighted by atomic mass is 35.5. The van der Waals surface area contributed by atoms with Crippen LogP contribution in [0, 0.1) is 6.92 Å². The SMILES string of the molecule is Cc1ccccc1C(C)(C)C(=O)N1CCC(N2CCNCC2)C1.Cl. The Balaban J connectivity index is 0.00000208. The Hall–Kier alpha value is -1.10. The number of rotatable bonds is 3. The van der Waals surface area contributed by atoms with Crippen LogP contribution in [0.5, 0.6) is 0 Å². The van der Waals surface area contributed by atoms with Crippen molar-refractivity contribution in [3.05, 3.63) is 35.4 Å². The number of likely N-dealkylation sites (tertiary alicyclic amines) is 1. The van der Waals surface area contributed by atoms with E-state index in [2.05, 4.69) is 48.0 Å². The molecule has 2 aliphatic heterocycles. The molecule has 134 valence electrons. The van der Waals surface area contributed by atoms with Crippen LogP contribution in [0.15, 0.2) is 24.3 Å². The van der Waals surface area contributed by atoms with E-state index in [1.165, 1.54) is 5.56 Å². The number of benzene rings is 1. The molecule has 0 radical (unpaired) electrons. The first-order valence-electron chi connectivity index (χ1n) is 8.80. The zero-order valence-electron chi connectivity index (χ0n) is 15.0. The number of hydrogen-bond acceptors (Lipinski definition) is 3. The molecule has 4 nitrogen and oxygen atoms in total. The van der Waals surface area contributed by atoms with Gasteiger partial charge in [-0.1, -0.05) is 24.3 Å². The van der Waals surface area contributed by atoms with Gasteiger partial charge in [0.25, 0.3) is 0 Å². The lowest BCUT2D eigenvalue weighted by Crippen LogP contribution is -2.50. The minimum Gasteiger partial charge on any atom is -0.340 e. The summed E-state index contributed by atoms with van der Waals surface area (Å²) in [6.07, 6.45) is 1.11. The van der Waals surface area contributed by atoms with Gasteiger partial charge in [-0.3, -0.25) is 9.69 Å². The first kappa shape index (κ1) is 19.2. The third kappa shape index (κ3) is 3.76. The van der Waals surface area contributed by atoms with Crippen LogP contribution >= 0.6 is 12.4 Å². The molecule has 2 fully saturated rings. The molecule has 1 N–H and O–H groups in total. The second-order valence-electron chi connectivity index (χ2n) is 7.42. The first-order valence-corrected chi connectivity index (χ1v) is 8.80. The summed E-state index contributed by atoms with van der Waals surface area (Å²) in [5, 5.41) is 3.40. The Morgan fingerprint density at radius 2 is 1.83 bits per heavy atom. The van der Waals surface area contributed by atoms with Crippen molar-refractivity contribution >= 4 is 18.3 Å². The van der Waals surface area contributed by atoms with E-state index >= 15 is 0 Å². The fraction of sp³-hybridized carbons (Fsp3) is 0.632. The van der Waals surface area contributed by atoms with Crippen molar-refractivity contribution in [1.29, 1.82) is 0 Å². The topological polar surface area (TPSA) is 35.6 Å². The van der Waals surface area contributed by atoms with Crippen molar-refractivity contribution in [1.82, 2.24) is 15.1 Å². The van der Waals surface area contributed by atoms with Gasteiger partial charge in [-0.05, 0) is 38.3 Å². The Morgan fingerprint density at radius 3 is 2.50 bits per heavy atom. The predicted molar refractivity (Wildman–Crippen MR) is 101 cm³/mol. The summed E-state index contributed by atoms with van der Waals surface area (Å²) in [4.78, 5) is 17.8. The quantitative estimate of drug-likeness (QED) is 0.906. The maximum absolute atomic E-state index is 13.1. The van der Waals surface area contributed by atoms with E-state index in [0.717, 1.165) is 51.3 Å². The van der Waals surface area contributed by atoms with E-state index in [0.29, 0.717) is 6.04 Å². The highest BCUT2D eigenvalue weighted by Crippen LogP contribution is 2.30. The molecule has 1 unspecified atom stereocenters. The largest absolute Gasteiger partial charge is 0.340 e. The van der Waals surface area contributed by atoms with E-state index in [1.807, 2.05) is 12.1 Å². The molecule has 1 aromatic carbocycles. The van der Waals surface area contributed by atoms with Gasteiger partial charge in [0, 0.05) is 45.3 Å². The Labute approximate surface area is 152 Å². The van der Waals surface area contributed by atoms with Gasteiger partial charge >= 0.3 is 0 Å². The molecule has 5 heteroatoms. The Bertz CT molecular complexity index is 569. The van der Waals surface area contributed by atoms with Gasteiger partial charge < -0.3 is 10.2 Å². The number of hydrogen-bond donors (Lipinski definition) is 1. The minimum absolute atomic E-state index is 0. The van der Waals surface area contributed by atoms with Gasteiger partial charge in [0.05, 0.1) is 5.41 Å². The van der Waals surface area contributed by atoms with Crippen LogP contribution in [0.3, 0.4) is 0 Å². The van der Waals surface area contributed by atoms with Crippen molar-refractivity contribution in [3.8, 4) is 0 Å². The average Bonchev–Trinajstić information content (AvgIpc) is 3.05. The summed E-state index contributed by atoms with van der Waals surface area (Å²) < 4.78 is 0. The van der Waals surface area contributed by atoms with Crippen LogP contribution < -0.4 is 5.32 Å². The fourth-order valence-corrected chi connectivity index (χ4v) is 4.06. The van der Waals surface area contributed by atoms with Crippen molar-refractivity contribution in [2.75, 3.05) is 39.3 Å².